The Morgan fingerprint density at radius 3 is 2.33 bits per heavy atom. The predicted molar refractivity (Wildman–Crippen MR) is 195 cm³/mol. The highest BCUT2D eigenvalue weighted by Crippen LogP contribution is 2.66. The Kier molecular flexibility index (Phi) is 8.88. The monoisotopic (exact) mass is 670 g/mol. The molecule has 8 nitrogen and oxygen atoms in total. The normalized spacial score (nSPS) is 34.7. The minimum Gasteiger partial charge on any atom is -0.399 e. The molecule has 4 aliphatic carbocycles. The number of anilines is 2. The van der Waals surface area contributed by atoms with Crippen LogP contribution in [0.2, 0.25) is 0 Å². The molecule has 0 radical (unpaired) electrons. The van der Waals surface area contributed by atoms with Gasteiger partial charge in [-0.1, -0.05) is 59.6 Å². The zero-order valence-electron chi connectivity index (χ0n) is 30.8. The van der Waals surface area contributed by atoms with Crippen molar-refractivity contribution in [3.05, 3.63) is 58.7 Å². The van der Waals surface area contributed by atoms with Crippen LogP contribution < -0.4 is 16.4 Å². The van der Waals surface area contributed by atoms with Crippen molar-refractivity contribution in [2.24, 2.45) is 22.2 Å². The zero-order valence-corrected chi connectivity index (χ0v) is 30.8. The van der Waals surface area contributed by atoms with Crippen molar-refractivity contribution in [3.8, 4) is 0 Å². The summed E-state index contributed by atoms with van der Waals surface area (Å²) in [4.78, 5) is 43.2. The summed E-state index contributed by atoms with van der Waals surface area (Å²) in [5, 5.41) is 16.2. The predicted octanol–water partition coefficient (Wildman–Crippen LogP) is 5.93. The number of benzene rings is 2. The van der Waals surface area contributed by atoms with Gasteiger partial charge >= 0.3 is 0 Å². The second kappa shape index (κ2) is 12.2. The standard InChI is InChI=1S/C41H58N4O4/c1-36-17-8-18-37(2,33(36)15-12-27-10-13-29(42)22-31(27)36)34(48)45(7)35(49)39(4)20-9-19-38(3)32-23-30(44-24-41(25-46,26-47)43-6)14-11-28(32)16-21-40(38,39)5/h10-11,13-14,22-23,25,33,43-44,47H,8-9,12,15-21,24,26,42H2,1-7H3/t33-,36-,37+,38-,39-,40-,41-/m1/s1. The number of likely N-dealkylation sites (N-methyl/N-ethyl adjacent to an activating group) is 1. The van der Waals surface area contributed by atoms with Crippen LogP contribution in [-0.4, -0.2) is 60.9 Å². The Bertz CT molecular complexity index is 1650. The van der Waals surface area contributed by atoms with Gasteiger partial charge in [-0.2, -0.15) is 0 Å². The summed E-state index contributed by atoms with van der Waals surface area (Å²) in [5.41, 5.74) is 9.79. The average molecular weight is 671 g/mol. The molecule has 0 aromatic heterocycles. The van der Waals surface area contributed by atoms with Crippen LogP contribution in [0, 0.1) is 22.2 Å². The minimum absolute atomic E-state index is 0.0346. The maximum Gasteiger partial charge on any atom is 0.235 e. The minimum atomic E-state index is -1.07. The number of aldehydes is 1. The zero-order chi connectivity index (χ0) is 35.6. The number of aryl methyl sites for hydroxylation is 2. The second-order valence-corrected chi connectivity index (χ2v) is 17.1. The molecule has 8 heteroatoms. The molecule has 5 N–H and O–H groups in total. The van der Waals surface area contributed by atoms with Gasteiger partial charge in [0, 0.05) is 25.0 Å². The number of imide groups is 1. The Balaban J connectivity index is 1.30. The fraction of sp³-hybridized carbons (Fsp3) is 0.634. The highest BCUT2D eigenvalue weighted by Gasteiger charge is 2.65. The van der Waals surface area contributed by atoms with E-state index in [1.165, 1.54) is 27.2 Å². The van der Waals surface area contributed by atoms with Gasteiger partial charge in [-0.25, -0.2) is 0 Å². The molecule has 2 aromatic rings. The summed E-state index contributed by atoms with van der Waals surface area (Å²) in [6, 6.07) is 12.7. The molecule has 2 fully saturated rings. The van der Waals surface area contributed by atoms with E-state index in [4.69, 9.17) is 5.73 Å². The molecular weight excluding hydrogens is 612 g/mol. The number of carbonyl (C=O) groups is 3. The van der Waals surface area contributed by atoms with Gasteiger partial charge in [-0.15, -0.1) is 0 Å². The topological polar surface area (TPSA) is 125 Å². The van der Waals surface area contributed by atoms with Crippen LogP contribution >= 0.6 is 0 Å². The van der Waals surface area contributed by atoms with E-state index < -0.39 is 16.4 Å². The van der Waals surface area contributed by atoms with Crippen molar-refractivity contribution in [2.45, 2.75) is 115 Å². The summed E-state index contributed by atoms with van der Waals surface area (Å²) in [7, 11) is 3.42. The molecule has 7 atom stereocenters. The number of amides is 2. The lowest BCUT2D eigenvalue weighted by Crippen LogP contribution is -2.64. The van der Waals surface area contributed by atoms with Gasteiger partial charge in [0.1, 0.15) is 11.8 Å². The number of carbonyl (C=O) groups excluding carboxylic acids is 3. The van der Waals surface area contributed by atoms with Gasteiger partial charge in [0.15, 0.2) is 0 Å². The molecule has 0 bridgehead atoms. The van der Waals surface area contributed by atoms with Crippen LogP contribution in [0.15, 0.2) is 36.4 Å². The first-order valence-electron chi connectivity index (χ1n) is 18.4. The first-order chi connectivity index (χ1) is 23.1. The first kappa shape index (κ1) is 35.6. The highest BCUT2D eigenvalue weighted by atomic mass is 16.3. The van der Waals surface area contributed by atoms with Gasteiger partial charge in [-0.05, 0) is 127 Å². The van der Waals surface area contributed by atoms with Gasteiger partial charge < -0.3 is 26.3 Å². The Labute approximate surface area is 293 Å². The van der Waals surface area contributed by atoms with Gasteiger partial charge in [0.05, 0.1) is 17.4 Å². The van der Waals surface area contributed by atoms with E-state index in [0.717, 1.165) is 81.9 Å². The lowest BCUT2D eigenvalue weighted by atomic mass is 9.41. The number of nitrogens with one attached hydrogen (secondary N) is 2. The number of nitrogens with two attached hydrogens (primary N) is 1. The number of rotatable bonds is 8. The molecule has 2 saturated carbocycles. The molecule has 6 rings (SSSR count). The lowest BCUT2D eigenvalue weighted by Gasteiger charge is -2.63. The molecule has 2 aromatic carbocycles. The van der Waals surface area contributed by atoms with Crippen LogP contribution in [0.5, 0.6) is 0 Å². The van der Waals surface area contributed by atoms with Crippen molar-refractivity contribution >= 4 is 29.5 Å². The fourth-order valence-electron chi connectivity index (χ4n) is 11.3. The molecular formula is C41H58N4O4. The summed E-state index contributed by atoms with van der Waals surface area (Å²) >= 11 is 0. The van der Waals surface area contributed by atoms with Crippen molar-refractivity contribution in [1.29, 1.82) is 0 Å². The Hall–Kier alpha value is -3.23. The third-order valence-corrected chi connectivity index (χ3v) is 15.0. The van der Waals surface area contributed by atoms with E-state index in [2.05, 4.69) is 69.5 Å². The average Bonchev–Trinajstić information content (AvgIpc) is 3.09. The number of fused-ring (bicyclic) bond motifs is 6. The van der Waals surface area contributed by atoms with E-state index >= 15 is 4.79 Å². The van der Waals surface area contributed by atoms with Crippen LogP contribution in [0.25, 0.3) is 0 Å². The van der Waals surface area contributed by atoms with Crippen molar-refractivity contribution in [1.82, 2.24) is 10.2 Å². The highest BCUT2D eigenvalue weighted by molar-refractivity contribution is 6.01. The molecule has 0 aliphatic heterocycles. The van der Waals surface area contributed by atoms with E-state index in [0.29, 0.717) is 0 Å². The number of nitrogens with zero attached hydrogens (tertiary/aromatic N) is 1. The summed E-state index contributed by atoms with van der Waals surface area (Å²) < 4.78 is 0. The van der Waals surface area contributed by atoms with Gasteiger partial charge in [-0.3, -0.25) is 14.5 Å². The molecule has 49 heavy (non-hydrogen) atoms. The Morgan fingerprint density at radius 2 is 1.63 bits per heavy atom. The summed E-state index contributed by atoms with van der Waals surface area (Å²) in [5.74, 6) is 0.0444. The Morgan fingerprint density at radius 1 is 0.939 bits per heavy atom. The molecule has 266 valence electrons. The smallest absolute Gasteiger partial charge is 0.235 e. The van der Waals surface area contributed by atoms with Crippen LogP contribution in [-0.2, 0) is 38.1 Å². The lowest BCUT2D eigenvalue weighted by molar-refractivity contribution is -0.171. The van der Waals surface area contributed by atoms with E-state index in [-0.39, 0.29) is 47.1 Å². The van der Waals surface area contributed by atoms with Crippen LogP contribution in [0.1, 0.15) is 108 Å². The number of hydrogen-bond acceptors (Lipinski definition) is 7. The number of aliphatic hydroxyl groups excluding tert-OH is 1. The van der Waals surface area contributed by atoms with E-state index in [1.807, 2.05) is 12.1 Å². The molecule has 2 amide bonds. The van der Waals surface area contributed by atoms with Crippen LogP contribution in [0.4, 0.5) is 11.4 Å². The van der Waals surface area contributed by atoms with Crippen LogP contribution in [0.3, 0.4) is 0 Å². The van der Waals surface area contributed by atoms with E-state index in [9.17, 15) is 14.7 Å². The first-order valence-corrected chi connectivity index (χ1v) is 18.4. The fourth-order valence-corrected chi connectivity index (χ4v) is 11.3. The second-order valence-electron chi connectivity index (χ2n) is 17.1. The van der Waals surface area contributed by atoms with Crippen molar-refractivity contribution in [3.63, 3.8) is 0 Å². The maximum atomic E-state index is 15.0. The quantitative estimate of drug-likeness (QED) is 0.156. The van der Waals surface area contributed by atoms with Gasteiger partial charge in [0.2, 0.25) is 11.8 Å². The third-order valence-electron chi connectivity index (χ3n) is 15.0. The SMILES string of the molecule is CN[C@](C=O)(CO)CNc1ccc2c(c1)[C@@]1(C)CCC[C@](C)(C(=O)N(C)C(=O)[C@@]3(C)CCC[C@]4(C)c5cc(N)ccc5CC[C@@H]34)[C@]1(C)CC2. The molecule has 0 saturated heterocycles. The summed E-state index contributed by atoms with van der Waals surface area (Å²) in [6.45, 7) is 11.1. The molecule has 0 unspecified atom stereocenters. The number of hydrogen-bond donors (Lipinski definition) is 4. The number of nitrogen functional groups attached to an aromatic ring is 1. The molecule has 0 spiro atoms. The van der Waals surface area contributed by atoms with Crippen molar-refractivity contribution in [2.75, 3.05) is 38.3 Å². The molecule has 0 heterocycles. The number of aliphatic hydroxyl groups is 1. The largest absolute Gasteiger partial charge is 0.399 e. The third kappa shape index (κ3) is 5.10. The van der Waals surface area contributed by atoms with Gasteiger partial charge in [0.25, 0.3) is 0 Å². The van der Waals surface area contributed by atoms with E-state index in [1.54, 1.807) is 14.1 Å². The van der Waals surface area contributed by atoms with Crippen molar-refractivity contribution < 1.29 is 19.5 Å². The summed E-state index contributed by atoms with van der Waals surface area (Å²) in [6.07, 6.45) is 9.65. The maximum absolute atomic E-state index is 15.0. The molecule has 4 aliphatic rings.